The molecule has 0 saturated heterocycles. The van der Waals surface area contributed by atoms with Crippen molar-refractivity contribution < 1.29 is 9.13 Å². The Balaban J connectivity index is 1.69. The van der Waals surface area contributed by atoms with Gasteiger partial charge in [-0.2, -0.15) is 0 Å². The number of pyridine rings is 1. The summed E-state index contributed by atoms with van der Waals surface area (Å²) in [6, 6.07) is 8.63. The minimum atomic E-state index is -0.316. The van der Waals surface area contributed by atoms with Gasteiger partial charge in [0.05, 0.1) is 25.3 Å². The molecule has 1 aromatic carbocycles. The number of aryl methyl sites for hydroxylation is 1. The lowest BCUT2D eigenvalue weighted by Crippen LogP contribution is -2.07. The first-order valence-electron chi connectivity index (χ1n) is 8.03. The van der Waals surface area contributed by atoms with Crippen LogP contribution in [0.2, 0.25) is 0 Å². The fourth-order valence-corrected chi connectivity index (χ4v) is 2.95. The highest BCUT2D eigenvalue weighted by Gasteiger charge is 2.14. The summed E-state index contributed by atoms with van der Waals surface area (Å²) < 4.78 is 23.1. The number of imidazole rings is 1. The number of methoxy groups -OCH3 is 1. The molecule has 132 valence electrons. The van der Waals surface area contributed by atoms with Crippen LogP contribution in [0.25, 0.3) is 16.9 Å². The van der Waals surface area contributed by atoms with Crippen LogP contribution in [0.3, 0.4) is 0 Å². The molecule has 0 fully saturated rings. The van der Waals surface area contributed by atoms with E-state index in [4.69, 9.17) is 4.74 Å². The van der Waals surface area contributed by atoms with Crippen LogP contribution >= 0.6 is 0 Å². The van der Waals surface area contributed by atoms with Gasteiger partial charge in [0.1, 0.15) is 23.7 Å². The van der Waals surface area contributed by atoms with Crippen LogP contribution in [-0.2, 0) is 13.6 Å². The first-order valence-corrected chi connectivity index (χ1v) is 8.03. The lowest BCUT2D eigenvalue weighted by atomic mass is 10.1. The van der Waals surface area contributed by atoms with Gasteiger partial charge in [-0.05, 0) is 24.3 Å². The van der Waals surface area contributed by atoms with Crippen LogP contribution in [0.15, 0.2) is 49.2 Å². The van der Waals surface area contributed by atoms with Crippen LogP contribution in [-0.4, -0.2) is 31.3 Å². The Morgan fingerprint density at radius 3 is 2.85 bits per heavy atom. The molecule has 0 atom stereocenters. The molecule has 4 rings (SSSR count). The molecule has 0 aliphatic rings. The third-order valence-electron chi connectivity index (χ3n) is 4.29. The monoisotopic (exact) mass is 352 g/mol. The van der Waals surface area contributed by atoms with Crippen LogP contribution in [0.1, 0.15) is 5.56 Å². The summed E-state index contributed by atoms with van der Waals surface area (Å²) in [7, 11) is 3.45. The molecule has 0 spiro atoms. The number of ether oxygens (including phenoxy) is 1. The zero-order valence-electron chi connectivity index (χ0n) is 14.3. The molecule has 0 saturated carbocycles. The highest BCUT2D eigenvalue weighted by molar-refractivity contribution is 5.76. The summed E-state index contributed by atoms with van der Waals surface area (Å²) in [4.78, 5) is 4.15. The highest BCUT2D eigenvalue weighted by Crippen LogP contribution is 2.27. The smallest absolute Gasteiger partial charge is 0.171 e. The Kier molecular flexibility index (Phi) is 4.00. The molecule has 26 heavy (non-hydrogen) atoms. The number of nitrogens with zero attached hydrogens (tertiary/aromatic N) is 5. The minimum Gasteiger partial charge on any atom is -0.496 e. The maximum Gasteiger partial charge on any atom is 0.171 e. The Morgan fingerprint density at radius 2 is 2.08 bits per heavy atom. The Morgan fingerprint density at radius 1 is 1.19 bits per heavy atom. The van der Waals surface area contributed by atoms with Crippen molar-refractivity contribution in [3.8, 4) is 17.0 Å². The number of anilines is 1. The third-order valence-corrected chi connectivity index (χ3v) is 4.29. The van der Waals surface area contributed by atoms with E-state index in [1.165, 1.54) is 13.2 Å². The van der Waals surface area contributed by atoms with E-state index in [0.29, 0.717) is 17.0 Å². The van der Waals surface area contributed by atoms with Crippen LogP contribution in [0.5, 0.6) is 5.75 Å². The molecule has 4 aromatic rings. The molecule has 8 heteroatoms. The Labute approximate surface area is 149 Å². The average Bonchev–Trinajstić information content (AvgIpc) is 3.29. The molecule has 0 bridgehead atoms. The van der Waals surface area contributed by atoms with Crippen LogP contribution in [0.4, 0.5) is 10.2 Å². The fraction of sp³-hybridized carbons (Fsp3) is 0.167. The van der Waals surface area contributed by atoms with Crippen molar-refractivity contribution >= 4 is 11.5 Å². The van der Waals surface area contributed by atoms with Crippen molar-refractivity contribution in [1.82, 2.24) is 24.1 Å². The van der Waals surface area contributed by atoms with E-state index in [2.05, 4.69) is 20.5 Å². The van der Waals surface area contributed by atoms with Crippen molar-refractivity contribution in [2.24, 2.45) is 7.05 Å². The molecular weight excluding hydrogens is 335 g/mol. The maximum atomic E-state index is 14.1. The van der Waals surface area contributed by atoms with Gasteiger partial charge in [0.25, 0.3) is 0 Å². The summed E-state index contributed by atoms with van der Waals surface area (Å²) >= 11 is 0. The third kappa shape index (κ3) is 2.65. The summed E-state index contributed by atoms with van der Waals surface area (Å²) in [5.74, 6) is 0.939. The topological polar surface area (TPSA) is 69.3 Å². The van der Waals surface area contributed by atoms with Gasteiger partial charge in [-0.1, -0.05) is 6.07 Å². The van der Waals surface area contributed by atoms with Crippen LogP contribution in [0, 0.1) is 5.82 Å². The zero-order chi connectivity index (χ0) is 18.1. The summed E-state index contributed by atoms with van der Waals surface area (Å²) in [6.45, 7) is 0.272. The second-order valence-electron chi connectivity index (χ2n) is 5.82. The molecule has 3 heterocycles. The van der Waals surface area contributed by atoms with Gasteiger partial charge in [-0.3, -0.25) is 4.40 Å². The minimum absolute atomic E-state index is 0.272. The van der Waals surface area contributed by atoms with E-state index >= 15 is 0 Å². The largest absolute Gasteiger partial charge is 0.496 e. The maximum absolute atomic E-state index is 14.1. The first kappa shape index (κ1) is 16.1. The molecule has 0 aliphatic carbocycles. The number of fused-ring (bicyclic) bond motifs is 1. The summed E-state index contributed by atoms with van der Waals surface area (Å²) in [5.41, 5.74) is 3.01. The number of benzene rings is 1. The van der Waals surface area contributed by atoms with Gasteiger partial charge in [0.15, 0.2) is 5.65 Å². The lowest BCUT2D eigenvalue weighted by Gasteiger charge is -2.13. The van der Waals surface area contributed by atoms with Crippen molar-refractivity contribution in [2.75, 3.05) is 12.4 Å². The normalized spacial score (nSPS) is 11.0. The van der Waals surface area contributed by atoms with Gasteiger partial charge in [0, 0.05) is 24.7 Å². The van der Waals surface area contributed by atoms with Gasteiger partial charge >= 0.3 is 0 Å². The van der Waals surface area contributed by atoms with E-state index in [1.807, 2.05) is 28.1 Å². The second-order valence-corrected chi connectivity index (χ2v) is 5.82. The van der Waals surface area contributed by atoms with Crippen molar-refractivity contribution in [3.63, 3.8) is 0 Å². The van der Waals surface area contributed by atoms with Gasteiger partial charge < -0.3 is 14.6 Å². The molecule has 0 unspecified atom stereocenters. The van der Waals surface area contributed by atoms with Crippen LogP contribution < -0.4 is 10.1 Å². The summed E-state index contributed by atoms with van der Waals surface area (Å²) in [5, 5.41) is 11.5. The number of halogens is 1. The standard InChI is InChI=1S/C18H17FN6O/c1-24-10-20-9-15(24)12-6-7-17(25-11-22-23-18(12)25)21-8-13-14(19)4-3-5-16(13)26-2/h3-7,9-11,21H,8H2,1-2H3. The number of rotatable bonds is 5. The summed E-state index contributed by atoms with van der Waals surface area (Å²) in [6.07, 6.45) is 5.14. The zero-order valence-corrected chi connectivity index (χ0v) is 14.3. The number of aromatic nitrogens is 5. The van der Waals surface area contributed by atoms with Crippen molar-refractivity contribution in [3.05, 3.63) is 60.6 Å². The number of nitrogens with one attached hydrogen (secondary N) is 1. The Hall–Kier alpha value is -3.42. The first-order chi connectivity index (χ1) is 12.7. The Bertz CT molecular complexity index is 1070. The van der Waals surface area contributed by atoms with Gasteiger partial charge in [-0.25, -0.2) is 9.37 Å². The molecule has 7 nitrogen and oxygen atoms in total. The van der Waals surface area contributed by atoms with Gasteiger partial charge in [0.2, 0.25) is 0 Å². The number of hydrogen-bond donors (Lipinski definition) is 1. The molecule has 0 amide bonds. The van der Waals surface area contributed by atoms with E-state index in [9.17, 15) is 4.39 Å². The quantitative estimate of drug-likeness (QED) is 0.598. The second kappa shape index (κ2) is 6.47. The SMILES string of the molecule is COc1cccc(F)c1CNc1ccc(-c2cncn2C)c2nncn12. The molecule has 0 radical (unpaired) electrons. The van der Waals surface area contributed by atoms with Crippen molar-refractivity contribution in [2.45, 2.75) is 6.54 Å². The highest BCUT2D eigenvalue weighted by atomic mass is 19.1. The van der Waals surface area contributed by atoms with E-state index in [1.54, 1.807) is 31.0 Å². The van der Waals surface area contributed by atoms with E-state index in [-0.39, 0.29) is 12.4 Å². The van der Waals surface area contributed by atoms with E-state index < -0.39 is 0 Å². The number of hydrogen-bond acceptors (Lipinski definition) is 5. The molecule has 0 aliphatic heterocycles. The van der Waals surface area contributed by atoms with Gasteiger partial charge in [-0.15, -0.1) is 10.2 Å². The van der Waals surface area contributed by atoms with Crippen molar-refractivity contribution in [1.29, 1.82) is 0 Å². The lowest BCUT2D eigenvalue weighted by molar-refractivity contribution is 0.405. The average molecular weight is 352 g/mol. The molecule has 1 N–H and O–H groups in total. The molecular formula is C18H17FN6O. The predicted octanol–water partition coefficient (Wildman–Crippen LogP) is 2.89. The molecule has 3 aromatic heterocycles. The fourth-order valence-electron chi connectivity index (χ4n) is 2.95. The van der Waals surface area contributed by atoms with E-state index in [0.717, 1.165) is 17.1 Å². The predicted molar refractivity (Wildman–Crippen MR) is 95.5 cm³/mol.